The summed E-state index contributed by atoms with van der Waals surface area (Å²) in [6.45, 7) is 8.85. The van der Waals surface area contributed by atoms with Crippen molar-refractivity contribution < 1.29 is 50.5 Å². The summed E-state index contributed by atoms with van der Waals surface area (Å²) < 4.78 is 4.97. The summed E-state index contributed by atoms with van der Waals surface area (Å²) >= 11 is -1.91. The van der Waals surface area contributed by atoms with Crippen molar-refractivity contribution in [2.45, 2.75) is 39.8 Å². The molecule has 2 nitrogen and oxygen atoms in total. The monoisotopic (exact) mass is 460 g/mol. The van der Waals surface area contributed by atoms with E-state index in [1.54, 1.807) is 3.33 Å². The molecule has 0 atom stereocenters. The van der Waals surface area contributed by atoms with Crippen molar-refractivity contribution in [3.8, 4) is 0 Å². The van der Waals surface area contributed by atoms with Crippen molar-refractivity contribution >= 4 is 11.9 Å². The van der Waals surface area contributed by atoms with Crippen molar-refractivity contribution in [1.29, 1.82) is 0 Å². The van der Waals surface area contributed by atoms with Crippen LogP contribution in [0.25, 0.3) is 0 Å². The summed E-state index contributed by atoms with van der Waals surface area (Å²) in [6.07, 6.45) is 6.36. The summed E-state index contributed by atoms with van der Waals surface area (Å²) in [6, 6.07) is 0. The van der Waals surface area contributed by atoms with E-state index in [2.05, 4.69) is 35.5 Å². The number of nitrogens with one attached hydrogen (secondary N) is 1. The van der Waals surface area contributed by atoms with Gasteiger partial charge in [0.2, 0.25) is 0 Å². The molecule has 1 N–H and O–H groups in total. The van der Waals surface area contributed by atoms with Crippen molar-refractivity contribution in [3.63, 3.8) is 0 Å². The van der Waals surface area contributed by atoms with Crippen LogP contribution in [0, 0.1) is 0 Å². The summed E-state index contributed by atoms with van der Waals surface area (Å²) in [5.74, 6) is -0.389. The third kappa shape index (κ3) is 6.37. The Labute approximate surface area is 126 Å². The summed E-state index contributed by atoms with van der Waals surface area (Å²) in [5, 5.41) is 0. The fraction of sp³-hybridized carbons (Fsp3) is 0.545. The number of carbonyl (C=O) groups is 1. The first-order valence-corrected chi connectivity index (χ1v) is 18.3. The van der Waals surface area contributed by atoms with Gasteiger partial charge in [0.15, 0.2) is 0 Å². The van der Waals surface area contributed by atoms with Crippen LogP contribution in [0.2, 0.25) is 13.1 Å². The molecule has 0 aromatic carbocycles. The minimum absolute atomic E-state index is 0. The molecule has 0 aliphatic heterocycles. The second-order valence-electron chi connectivity index (χ2n) is 4.29. The molecule has 0 aromatic rings. The quantitative estimate of drug-likeness (QED) is 0.431. The molecule has 0 aromatic heterocycles. The average molecular weight is 460 g/mol. The molecule has 17 heavy (non-hydrogen) atoms. The van der Waals surface area contributed by atoms with Gasteiger partial charge in [-0.2, -0.15) is 0 Å². The molecular weight excluding hydrogens is 440 g/mol. The van der Waals surface area contributed by atoms with Gasteiger partial charge in [-0.25, -0.2) is 0 Å². The minimum atomic E-state index is -1.91. The molecule has 1 rings (SSSR count). The van der Waals surface area contributed by atoms with Gasteiger partial charge < -0.3 is 24.8 Å². The predicted molar refractivity (Wildman–Crippen MR) is 63.8 cm³/mol. The zero-order valence-electron chi connectivity index (χ0n) is 10.8. The predicted octanol–water partition coefficient (Wildman–Crippen LogP) is -3.73. The Kier molecular flexibility index (Phi) is 11.2. The summed E-state index contributed by atoms with van der Waals surface area (Å²) in [5.41, 5.74) is 1.38. The normalized spacial score (nSPS) is 13.2. The number of amides is 1. The molecule has 0 bridgehead atoms. The van der Waals surface area contributed by atoms with E-state index in [0.717, 1.165) is 6.42 Å². The molecule has 0 heterocycles. The second kappa shape index (κ2) is 9.53. The first-order valence-electron chi connectivity index (χ1n) is 5.59. The van der Waals surface area contributed by atoms with Crippen LogP contribution in [0.4, 0.5) is 0 Å². The molecule has 97 valence electrons. The van der Waals surface area contributed by atoms with E-state index in [9.17, 15) is 4.79 Å². The van der Waals surface area contributed by atoms with Gasteiger partial charge in [-0.05, 0) is 0 Å². The van der Waals surface area contributed by atoms with Crippen LogP contribution < -0.4 is 28.1 Å². The van der Waals surface area contributed by atoms with Gasteiger partial charge in [0.25, 0.3) is 0 Å². The number of rotatable bonds is 4. The summed E-state index contributed by atoms with van der Waals surface area (Å²) in [4.78, 5) is 11.5. The van der Waals surface area contributed by atoms with E-state index in [1.807, 2.05) is 6.92 Å². The largest absolute Gasteiger partial charge is 1.00 e. The van der Waals surface area contributed by atoms with Gasteiger partial charge >= 0.3 is 102 Å². The van der Waals surface area contributed by atoms with Gasteiger partial charge in [-0.3, -0.25) is 0 Å². The van der Waals surface area contributed by atoms with Crippen LogP contribution in [0.3, 0.4) is 0 Å². The molecule has 1 amide bonds. The zero-order chi connectivity index (χ0) is 11.4. The van der Waals surface area contributed by atoms with Crippen LogP contribution in [0.1, 0.15) is 26.7 Å². The molecule has 0 fully saturated rings. The Morgan fingerprint density at radius 1 is 1.47 bits per heavy atom. The van der Waals surface area contributed by atoms with Crippen molar-refractivity contribution in [2.75, 3.05) is 0 Å². The van der Waals surface area contributed by atoms with E-state index < -0.39 is 26.9 Å². The van der Waals surface area contributed by atoms with E-state index in [4.69, 9.17) is 0 Å². The molecule has 0 spiro atoms. The number of halogens is 2. The third-order valence-electron chi connectivity index (χ3n) is 2.56. The van der Waals surface area contributed by atoms with Gasteiger partial charge in [0.05, 0.1) is 0 Å². The summed E-state index contributed by atoms with van der Waals surface area (Å²) in [7, 11) is 0. The molecule has 1 aliphatic rings. The first kappa shape index (κ1) is 19.9. The number of hydrogen-bond donors (Lipinski definition) is 1. The van der Waals surface area contributed by atoms with Gasteiger partial charge in [-0.15, -0.1) is 0 Å². The molecule has 6 heteroatoms. The first-order chi connectivity index (χ1) is 7.04. The van der Waals surface area contributed by atoms with Crippen molar-refractivity contribution in [2.24, 2.45) is 0 Å². The maximum atomic E-state index is 11.5. The van der Waals surface area contributed by atoms with E-state index in [1.165, 1.54) is 5.57 Å². The molecule has 1 aliphatic carbocycles. The van der Waals surface area contributed by atoms with Crippen LogP contribution in [0.5, 0.6) is 0 Å². The topological polar surface area (TPSA) is 29.1 Å². The van der Waals surface area contributed by atoms with E-state index in [0.29, 0.717) is 6.42 Å². The maximum Gasteiger partial charge on any atom is -1.00 e. The van der Waals surface area contributed by atoms with Crippen LogP contribution in [-0.4, -0.2) is 11.9 Å². The molecule has 0 saturated heterocycles. The smallest absolute Gasteiger partial charge is 1.00 e. The Bertz CT molecular complexity index is 319. The maximum absolute atomic E-state index is 11.5. The second-order valence-corrected chi connectivity index (χ2v) is 30.0. The van der Waals surface area contributed by atoms with Crippen LogP contribution in [-0.2, 0) is 25.7 Å². The number of hydrogen-bond acceptors (Lipinski definition) is 1. The standard InChI is InChI=1S/C6H7.C3H7NO.C2H7Si.2ClH.Hf/c1-6-4-2-3-5-6;1-2-3(4)5;1-3-2;;;/h4-5H,2H2,1H3;2H2,1H3,(H2,4,5);3H,1-2H3;2*1H;/q;;;;;+3/p-3. The van der Waals surface area contributed by atoms with Crippen LogP contribution in [0.15, 0.2) is 21.1 Å². The van der Waals surface area contributed by atoms with Crippen molar-refractivity contribution in [3.05, 3.63) is 21.1 Å². The van der Waals surface area contributed by atoms with E-state index in [-0.39, 0.29) is 30.7 Å². The fourth-order valence-corrected chi connectivity index (χ4v) is 21.6. The average Bonchev–Trinajstić information content (AvgIpc) is 2.60. The van der Waals surface area contributed by atoms with Gasteiger partial charge in [-0.1, -0.05) is 0 Å². The SMILES string of the molecule is CCC(=O)[NH][Hf+2]([C]1=CC(C)=CC1)[SiH](C)C.[Cl-].[Cl-]. The van der Waals surface area contributed by atoms with Gasteiger partial charge in [0.1, 0.15) is 0 Å². The minimum Gasteiger partial charge on any atom is -1.00 e. The van der Waals surface area contributed by atoms with E-state index >= 15 is 0 Å². The Morgan fingerprint density at radius 3 is 2.41 bits per heavy atom. The van der Waals surface area contributed by atoms with Crippen molar-refractivity contribution in [1.82, 2.24) is 3.30 Å². The van der Waals surface area contributed by atoms with Gasteiger partial charge in [0, 0.05) is 0 Å². The Balaban J connectivity index is 0. The number of carbonyl (C=O) groups excluding carboxylic acids is 1. The third-order valence-corrected chi connectivity index (χ3v) is 26.1. The zero-order valence-corrected chi connectivity index (χ0v) is 17.1. The molecule has 0 saturated carbocycles. The molecule has 0 radical (unpaired) electrons. The number of allylic oxidation sites excluding steroid dienone is 4. The Hall–Kier alpha value is 0.617. The molecular formula is C11H20Cl2HfNOSi. The Morgan fingerprint density at radius 2 is 2.06 bits per heavy atom. The molecule has 0 unspecified atom stereocenters. The van der Waals surface area contributed by atoms with Crippen LogP contribution >= 0.6 is 0 Å². The fourth-order valence-electron chi connectivity index (χ4n) is 1.69.